The van der Waals surface area contributed by atoms with E-state index in [2.05, 4.69) is 16.3 Å². The Balaban J connectivity index is 1.72. The van der Waals surface area contributed by atoms with Gasteiger partial charge >= 0.3 is 0 Å². The molecule has 0 aliphatic carbocycles. The number of nitriles is 1. The summed E-state index contributed by atoms with van der Waals surface area (Å²) in [5, 5.41) is 28.6. The van der Waals surface area contributed by atoms with Crippen LogP contribution in [0.2, 0.25) is 5.02 Å². The molecule has 2 aromatic carbocycles. The van der Waals surface area contributed by atoms with Crippen molar-refractivity contribution in [2.24, 2.45) is 0 Å². The molecule has 126 valence electrons. The van der Waals surface area contributed by atoms with Gasteiger partial charge in [-0.2, -0.15) is 5.26 Å². The van der Waals surface area contributed by atoms with E-state index in [-0.39, 0.29) is 5.75 Å². The van der Waals surface area contributed by atoms with E-state index in [1.165, 1.54) is 0 Å². The van der Waals surface area contributed by atoms with E-state index < -0.39 is 0 Å². The molecule has 1 aromatic heterocycles. The van der Waals surface area contributed by atoms with Crippen LogP contribution in [0.15, 0.2) is 55.1 Å². The van der Waals surface area contributed by atoms with Gasteiger partial charge < -0.3 is 5.11 Å². The summed E-state index contributed by atoms with van der Waals surface area (Å²) in [4.78, 5) is 0. The van der Waals surface area contributed by atoms with Crippen molar-refractivity contribution in [1.82, 2.24) is 14.9 Å². The summed E-state index contributed by atoms with van der Waals surface area (Å²) in [6, 6.07) is 14.7. The summed E-state index contributed by atoms with van der Waals surface area (Å²) >= 11 is 5.95. The van der Waals surface area contributed by atoms with Crippen molar-refractivity contribution in [2.75, 3.05) is 11.6 Å². The highest BCUT2D eigenvalue weighted by atomic mass is 35.5. The maximum Gasteiger partial charge on any atom is 0.139 e. The van der Waals surface area contributed by atoms with Gasteiger partial charge in [-0.1, -0.05) is 17.7 Å². The first-order valence-electron chi connectivity index (χ1n) is 7.77. The van der Waals surface area contributed by atoms with Crippen molar-refractivity contribution in [2.45, 2.75) is 12.8 Å². The number of hydrogen-bond acceptors (Lipinski definition) is 5. The van der Waals surface area contributed by atoms with E-state index in [0.717, 1.165) is 30.6 Å². The van der Waals surface area contributed by atoms with Gasteiger partial charge in [0.1, 0.15) is 18.4 Å². The number of aryl methyl sites for hydroxylation is 1. The molecule has 1 N–H and O–H groups in total. The van der Waals surface area contributed by atoms with Gasteiger partial charge in [0.2, 0.25) is 0 Å². The summed E-state index contributed by atoms with van der Waals surface area (Å²) < 4.78 is 1.81. The minimum atomic E-state index is 0.0918. The van der Waals surface area contributed by atoms with Gasteiger partial charge in [-0.05, 0) is 54.8 Å². The Hall–Kier alpha value is -3.04. The molecule has 6 nitrogen and oxygen atoms in total. The lowest BCUT2D eigenvalue weighted by atomic mass is 10.1. The standard InChI is InChI=1S/C18H16ClN5O/c19-17-10-14(5-8-18(17)25)2-1-9-24(23-12-21-22-13-23)16-6-3-15(11-20)4-7-16/h3-8,10,12-13,25H,1-2,9H2. The van der Waals surface area contributed by atoms with Gasteiger partial charge in [0.15, 0.2) is 0 Å². The predicted octanol–water partition coefficient (Wildman–Crippen LogP) is 3.41. The van der Waals surface area contributed by atoms with E-state index in [0.29, 0.717) is 10.6 Å². The number of phenols is 1. The number of anilines is 1. The fourth-order valence-corrected chi connectivity index (χ4v) is 2.75. The van der Waals surface area contributed by atoms with Crippen LogP contribution < -0.4 is 5.01 Å². The molecule has 3 aromatic rings. The zero-order chi connectivity index (χ0) is 17.6. The van der Waals surface area contributed by atoms with Gasteiger partial charge in [-0.15, -0.1) is 10.2 Å². The monoisotopic (exact) mass is 353 g/mol. The Kier molecular flexibility index (Phi) is 5.17. The molecule has 0 aliphatic rings. The normalized spacial score (nSPS) is 10.4. The van der Waals surface area contributed by atoms with Crippen LogP contribution in [0.25, 0.3) is 0 Å². The molecule has 0 radical (unpaired) electrons. The van der Waals surface area contributed by atoms with Crippen molar-refractivity contribution in [3.05, 3.63) is 71.3 Å². The highest BCUT2D eigenvalue weighted by Gasteiger charge is 2.09. The molecule has 25 heavy (non-hydrogen) atoms. The number of halogens is 1. The van der Waals surface area contributed by atoms with Crippen LogP contribution in [0.1, 0.15) is 17.5 Å². The lowest BCUT2D eigenvalue weighted by Crippen LogP contribution is -2.29. The summed E-state index contributed by atoms with van der Waals surface area (Å²) in [6.07, 6.45) is 4.94. The summed E-state index contributed by atoms with van der Waals surface area (Å²) in [5.41, 5.74) is 2.63. The first-order valence-corrected chi connectivity index (χ1v) is 8.15. The summed E-state index contributed by atoms with van der Waals surface area (Å²) in [6.45, 7) is 0.725. The van der Waals surface area contributed by atoms with Crippen molar-refractivity contribution < 1.29 is 5.11 Å². The molecule has 0 spiro atoms. The predicted molar refractivity (Wildman–Crippen MR) is 95.4 cm³/mol. The van der Waals surface area contributed by atoms with E-state index in [1.54, 1.807) is 36.9 Å². The third-order valence-corrected chi connectivity index (χ3v) is 4.13. The van der Waals surface area contributed by atoms with Crippen molar-refractivity contribution in [1.29, 1.82) is 5.26 Å². The average molecular weight is 354 g/mol. The molecule has 0 atom stereocenters. The lowest BCUT2D eigenvalue weighted by Gasteiger charge is -2.25. The van der Waals surface area contributed by atoms with Crippen LogP contribution >= 0.6 is 11.6 Å². The van der Waals surface area contributed by atoms with Gasteiger partial charge in [0.25, 0.3) is 0 Å². The minimum Gasteiger partial charge on any atom is -0.506 e. The summed E-state index contributed by atoms with van der Waals surface area (Å²) in [5.74, 6) is 0.0918. The molecule has 0 unspecified atom stereocenters. The van der Waals surface area contributed by atoms with Crippen LogP contribution in [-0.4, -0.2) is 26.5 Å². The first-order chi connectivity index (χ1) is 12.2. The molecule has 0 fully saturated rings. The highest BCUT2D eigenvalue weighted by Crippen LogP contribution is 2.24. The molecule has 0 amide bonds. The molecule has 0 aliphatic heterocycles. The Morgan fingerprint density at radius 2 is 1.84 bits per heavy atom. The second-order valence-corrected chi connectivity index (χ2v) is 5.92. The Labute approximate surface area is 150 Å². The molecular weight excluding hydrogens is 338 g/mol. The average Bonchev–Trinajstić information content (AvgIpc) is 3.16. The summed E-state index contributed by atoms with van der Waals surface area (Å²) in [7, 11) is 0. The van der Waals surface area contributed by atoms with Crippen LogP contribution in [-0.2, 0) is 6.42 Å². The zero-order valence-electron chi connectivity index (χ0n) is 13.4. The molecule has 0 saturated carbocycles. The maximum atomic E-state index is 9.49. The lowest BCUT2D eigenvalue weighted by molar-refractivity contribution is 0.475. The molecule has 3 rings (SSSR count). The number of rotatable bonds is 6. The SMILES string of the molecule is N#Cc1ccc(N(CCCc2ccc(O)c(Cl)c2)n2cnnc2)cc1. The molecule has 7 heteroatoms. The molecular formula is C18H16ClN5O. The topological polar surface area (TPSA) is 78.0 Å². The number of benzene rings is 2. The van der Waals surface area contributed by atoms with Crippen LogP contribution in [0, 0.1) is 11.3 Å². The Morgan fingerprint density at radius 3 is 2.48 bits per heavy atom. The number of phenolic OH excluding ortho intramolecular Hbond substituents is 1. The van der Waals surface area contributed by atoms with E-state index in [9.17, 15) is 5.11 Å². The number of hydrogen-bond donors (Lipinski definition) is 1. The van der Waals surface area contributed by atoms with Gasteiger partial charge in [-0.3, -0.25) is 5.01 Å². The molecule has 0 bridgehead atoms. The van der Waals surface area contributed by atoms with E-state index in [1.807, 2.05) is 27.9 Å². The number of aromatic nitrogens is 3. The van der Waals surface area contributed by atoms with Crippen LogP contribution in [0.3, 0.4) is 0 Å². The van der Waals surface area contributed by atoms with Gasteiger partial charge in [0, 0.05) is 6.54 Å². The highest BCUT2D eigenvalue weighted by molar-refractivity contribution is 6.32. The van der Waals surface area contributed by atoms with Crippen molar-refractivity contribution in [3.63, 3.8) is 0 Å². The van der Waals surface area contributed by atoms with Gasteiger partial charge in [0.05, 0.1) is 22.3 Å². The van der Waals surface area contributed by atoms with Crippen LogP contribution in [0.5, 0.6) is 5.75 Å². The van der Waals surface area contributed by atoms with Crippen molar-refractivity contribution in [3.8, 4) is 11.8 Å². The maximum absolute atomic E-state index is 9.49. The second kappa shape index (κ2) is 7.69. The molecule has 0 saturated heterocycles. The number of nitrogens with zero attached hydrogens (tertiary/aromatic N) is 5. The Bertz CT molecular complexity index is 871. The van der Waals surface area contributed by atoms with Crippen LogP contribution in [0.4, 0.5) is 5.69 Å². The zero-order valence-corrected chi connectivity index (χ0v) is 14.1. The van der Waals surface area contributed by atoms with Gasteiger partial charge in [-0.25, -0.2) is 4.68 Å². The smallest absolute Gasteiger partial charge is 0.139 e. The Morgan fingerprint density at radius 1 is 1.12 bits per heavy atom. The first kappa shape index (κ1) is 16.8. The third kappa shape index (κ3) is 4.08. The quantitative estimate of drug-likeness (QED) is 0.734. The fourth-order valence-electron chi connectivity index (χ4n) is 2.54. The largest absolute Gasteiger partial charge is 0.506 e. The van der Waals surface area contributed by atoms with E-state index in [4.69, 9.17) is 16.9 Å². The third-order valence-electron chi connectivity index (χ3n) is 3.83. The minimum absolute atomic E-state index is 0.0918. The van der Waals surface area contributed by atoms with Crippen molar-refractivity contribution >= 4 is 17.3 Å². The second-order valence-electron chi connectivity index (χ2n) is 5.51. The number of aromatic hydroxyl groups is 1. The fraction of sp³-hybridized carbons (Fsp3) is 0.167. The van der Waals surface area contributed by atoms with E-state index >= 15 is 0 Å². The molecule has 1 heterocycles.